The lowest BCUT2D eigenvalue weighted by atomic mass is 9.94. The second kappa shape index (κ2) is 4.63. The third-order valence-corrected chi connectivity index (χ3v) is 4.02. The van der Waals surface area contributed by atoms with Gasteiger partial charge >= 0.3 is 0 Å². The lowest BCUT2D eigenvalue weighted by molar-refractivity contribution is 0.176. The highest BCUT2D eigenvalue weighted by atomic mass is 15.2. The van der Waals surface area contributed by atoms with Gasteiger partial charge in [0, 0.05) is 25.2 Å². The van der Waals surface area contributed by atoms with Gasteiger partial charge in [0.25, 0.3) is 0 Å². The van der Waals surface area contributed by atoms with Crippen LogP contribution in [0.1, 0.15) is 38.5 Å². The molecule has 2 heteroatoms. The van der Waals surface area contributed by atoms with E-state index in [2.05, 4.69) is 23.9 Å². The van der Waals surface area contributed by atoms with Gasteiger partial charge in [0.15, 0.2) is 0 Å². The zero-order valence-corrected chi connectivity index (χ0v) is 9.71. The van der Waals surface area contributed by atoms with Gasteiger partial charge in [-0.3, -0.25) is 4.90 Å². The van der Waals surface area contributed by atoms with Crippen LogP contribution in [-0.4, -0.2) is 49.1 Å². The van der Waals surface area contributed by atoms with Gasteiger partial charge in [-0.15, -0.1) is 0 Å². The summed E-state index contributed by atoms with van der Waals surface area (Å²) in [6.07, 6.45) is 8.70. The molecule has 1 heterocycles. The Kier molecular flexibility index (Phi) is 3.45. The maximum atomic E-state index is 2.74. The summed E-state index contributed by atoms with van der Waals surface area (Å²) in [7, 11) is 4.43. The third-order valence-electron chi connectivity index (χ3n) is 4.02. The summed E-state index contributed by atoms with van der Waals surface area (Å²) < 4.78 is 0. The molecule has 0 N–H and O–H groups in total. The Morgan fingerprint density at radius 2 is 1.71 bits per heavy atom. The van der Waals surface area contributed by atoms with Crippen LogP contribution >= 0.6 is 0 Å². The summed E-state index contributed by atoms with van der Waals surface area (Å²) in [4.78, 5) is 5.13. The molecule has 0 spiro atoms. The number of likely N-dealkylation sites (N-methyl/N-ethyl adjacent to an activating group) is 1. The van der Waals surface area contributed by atoms with E-state index < -0.39 is 0 Å². The van der Waals surface area contributed by atoms with Gasteiger partial charge in [-0.1, -0.05) is 19.3 Å². The van der Waals surface area contributed by atoms with Gasteiger partial charge in [-0.25, -0.2) is 0 Å². The molecule has 1 saturated carbocycles. The van der Waals surface area contributed by atoms with Crippen LogP contribution in [0.2, 0.25) is 0 Å². The van der Waals surface area contributed by atoms with Crippen molar-refractivity contribution in [3.05, 3.63) is 0 Å². The normalized spacial score (nSPS) is 31.5. The molecule has 0 aromatic carbocycles. The Labute approximate surface area is 88.3 Å². The molecule has 2 nitrogen and oxygen atoms in total. The minimum absolute atomic E-state index is 0.817. The first-order chi connectivity index (χ1) is 6.77. The number of hydrogen-bond acceptors (Lipinski definition) is 2. The van der Waals surface area contributed by atoms with E-state index >= 15 is 0 Å². The second-order valence-corrected chi connectivity index (χ2v) is 5.19. The van der Waals surface area contributed by atoms with Crippen LogP contribution in [-0.2, 0) is 0 Å². The summed E-state index contributed by atoms with van der Waals surface area (Å²) in [5.41, 5.74) is 0. The smallest absolute Gasteiger partial charge is 0.0229 e. The predicted molar refractivity (Wildman–Crippen MR) is 60.5 cm³/mol. The van der Waals surface area contributed by atoms with Gasteiger partial charge in [0.05, 0.1) is 0 Å². The maximum Gasteiger partial charge on any atom is 0.0229 e. The van der Waals surface area contributed by atoms with Crippen LogP contribution < -0.4 is 0 Å². The van der Waals surface area contributed by atoms with Crippen LogP contribution in [0.3, 0.4) is 0 Å². The molecule has 2 fully saturated rings. The second-order valence-electron chi connectivity index (χ2n) is 5.19. The Bertz CT molecular complexity index is 173. The summed E-state index contributed by atoms with van der Waals surface area (Å²) in [5, 5.41) is 0. The van der Waals surface area contributed by atoms with Crippen molar-refractivity contribution in [2.45, 2.75) is 50.6 Å². The van der Waals surface area contributed by atoms with E-state index in [4.69, 9.17) is 0 Å². The molecular formula is C12H24N2. The Morgan fingerprint density at radius 3 is 2.29 bits per heavy atom. The maximum absolute atomic E-state index is 2.74. The van der Waals surface area contributed by atoms with Gasteiger partial charge in [-0.2, -0.15) is 0 Å². The van der Waals surface area contributed by atoms with Crippen LogP contribution in [0.15, 0.2) is 0 Å². The molecule has 1 unspecified atom stereocenters. The molecule has 14 heavy (non-hydrogen) atoms. The van der Waals surface area contributed by atoms with E-state index in [0.717, 1.165) is 12.1 Å². The van der Waals surface area contributed by atoms with Crippen LogP contribution in [0, 0.1) is 0 Å². The molecule has 1 atom stereocenters. The third kappa shape index (κ3) is 2.29. The first kappa shape index (κ1) is 10.4. The van der Waals surface area contributed by atoms with Crippen molar-refractivity contribution >= 4 is 0 Å². The molecule has 2 rings (SSSR count). The van der Waals surface area contributed by atoms with Gasteiger partial charge in [0.1, 0.15) is 0 Å². The molecule has 0 bridgehead atoms. The van der Waals surface area contributed by atoms with Gasteiger partial charge < -0.3 is 4.90 Å². The topological polar surface area (TPSA) is 6.48 Å². The first-order valence-electron chi connectivity index (χ1n) is 6.18. The first-order valence-corrected chi connectivity index (χ1v) is 6.18. The predicted octanol–water partition coefficient (Wildman–Crippen LogP) is 1.95. The molecule has 82 valence electrons. The molecular weight excluding hydrogens is 172 g/mol. The lowest BCUT2D eigenvalue weighted by Gasteiger charge is -2.31. The van der Waals surface area contributed by atoms with Crippen LogP contribution in [0.5, 0.6) is 0 Å². The van der Waals surface area contributed by atoms with Crippen molar-refractivity contribution in [3.8, 4) is 0 Å². The summed E-state index contributed by atoms with van der Waals surface area (Å²) in [6.45, 7) is 2.66. The number of nitrogens with zero attached hydrogens (tertiary/aromatic N) is 2. The number of rotatable bonds is 2. The number of hydrogen-bond donors (Lipinski definition) is 0. The molecule has 1 saturated heterocycles. The highest BCUT2D eigenvalue weighted by molar-refractivity contribution is 4.86. The Hall–Kier alpha value is -0.0800. The van der Waals surface area contributed by atoms with E-state index in [1.807, 2.05) is 0 Å². The average molecular weight is 196 g/mol. The molecule has 1 aliphatic heterocycles. The fraction of sp³-hybridized carbons (Fsp3) is 1.00. The number of likely N-dealkylation sites (tertiary alicyclic amines) is 1. The highest BCUT2D eigenvalue weighted by Crippen LogP contribution is 2.26. The quantitative estimate of drug-likeness (QED) is 0.666. The summed E-state index contributed by atoms with van der Waals surface area (Å²) in [6, 6.07) is 1.74. The van der Waals surface area contributed by atoms with E-state index in [1.165, 1.54) is 51.6 Å². The Morgan fingerprint density at radius 1 is 1.00 bits per heavy atom. The van der Waals surface area contributed by atoms with Gasteiger partial charge in [0.2, 0.25) is 0 Å². The minimum atomic E-state index is 0.817. The molecule has 1 aliphatic carbocycles. The van der Waals surface area contributed by atoms with E-state index in [1.54, 1.807) is 0 Å². The monoisotopic (exact) mass is 196 g/mol. The van der Waals surface area contributed by atoms with Gasteiger partial charge in [-0.05, 0) is 33.4 Å². The largest absolute Gasteiger partial charge is 0.305 e. The van der Waals surface area contributed by atoms with Crippen molar-refractivity contribution in [1.82, 2.24) is 9.80 Å². The fourth-order valence-corrected chi connectivity index (χ4v) is 2.97. The van der Waals surface area contributed by atoms with Crippen molar-refractivity contribution in [2.75, 3.05) is 27.2 Å². The van der Waals surface area contributed by atoms with Crippen molar-refractivity contribution in [2.24, 2.45) is 0 Å². The Balaban J connectivity index is 1.82. The van der Waals surface area contributed by atoms with Crippen LogP contribution in [0.4, 0.5) is 0 Å². The average Bonchev–Trinajstić information content (AvgIpc) is 2.68. The zero-order chi connectivity index (χ0) is 9.97. The van der Waals surface area contributed by atoms with E-state index in [0.29, 0.717) is 0 Å². The standard InChI is InChI=1S/C12H24N2/c1-13(2)12-8-9-14(10-12)11-6-4-3-5-7-11/h11-12H,3-10H2,1-2H3. The van der Waals surface area contributed by atoms with E-state index in [9.17, 15) is 0 Å². The van der Waals surface area contributed by atoms with Crippen molar-refractivity contribution in [1.29, 1.82) is 0 Å². The van der Waals surface area contributed by atoms with Crippen LogP contribution in [0.25, 0.3) is 0 Å². The zero-order valence-electron chi connectivity index (χ0n) is 9.71. The lowest BCUT2D eigenvalue weighted by Crippen LogP contribution is -2.38. The van der Waals surface area contributed by atoms with E-state index in [-0.39, 0.29) is 0 Å². The van der Waals surface area contributed by atoms with Crippen molar-refractivity contribution < 1.29 is 0 Å². The molecule has 0 radical (unpaired) electrons. The SMILES string of the molecule is CN(C)C1CCN(C2CCCCC2)C1. The molecule has 2 aliphatic rings. The fourth-order valence-electron chi connectivity index (χ4n) is 2.97. The molecule has 0 aromatic heterocycles. The molecule has 0 amide bonds. The highest BCUT2D eigenvalue weighted by Gasteiger charge is 2.29. The molecule has 0 aromatic rings. The summed E-state index contributed by atoms with van der Waals surface area (Å²) >= 11 is 0. The minimum Gasteiger partial charge on any atom is -0.305 e. The van der Waals surface area contributed by atoms with Crippen molar-refractivity contribution in [3.63, 3.8) is 0 Å². The summed E-state index contributed by atoms with van der Waals surface area (Å²) in [5.74, 6) is 0.